The van der Waals surface area contributed by atoms with Crippen molar-refractivity contribution in [1.29, 1.82) is 0 Å². The molecule has 1 N–H and O–H groups in total. The number of rotatable bonds is 4. The first-order chi connectivity index (χ1) is 12.4. The summed E-state index contributed by atoms with van der Waals surface area (Å²) in [6.07, 6.45) is -4.08. The van der Waals surface area contributed by atoms with Gasteiger partial charge in [-0.15, -0.1) is 0 Å². The van der Waals surface area contributed by atoms with Crippen LogP contribution >= 0.6 is 0 Å². The Hall–Kier alpha value is -2.53. The van der Waals surface area contributed by atoms with Gasteiger partial charge in [0, 0.05) is 13.1 Å². The number of aromatic nitrogens is 1. The highest BCUT2D eigenvalue weighted by Crippen LogP contribution is 2.51. The van der Waals surface area contributed by atoms with Crippen molar-refractivity contribution < 1.29 is 36.8 Å². The van der Waals surface area contributed by atoms with Crippen molar-refractivity contribution in [3.8, 4) is 0 Å². The molecule has 148 valence electrons. The Labute approximate surface area is 148 Å². The van der Waals surface area contributed by atoms with Crippen LogP contribution in [0.5, 0.6) is 0 Å². The zero-order valence-electron chi connectivity index (χ0n) is 13.7. The van der Waals surface area contributed by atoms with Gasteiger partial charge in [0.15, 0.2) is 0 Å². The maximum absolute atomic E-state index is 13.6. The van der Waals surface area contributed by atoms with E-state index < -0.39 is 45.5 Å². The van der Waals surface area contributed by atoms with E-state index in [1.54, 1.807) is 0 Å². The van der Waals surface area contributed by atoms with Crippen LogP contribution in [0.25, 0.3) is 0 Å². The van der Waals surface area contributed by atoms with Gasteiger partial charge in [-0.05, 0) is 24.8 Å². The fourth-order valence-corrected chi connectivity index (χ4v) is 3.97. The lowest BCUT2D eigenvalue weighted by Gasteiger charge is -2.25. The van der Waals surface area contributed by atoms with E-state index >= 15 is 0 Å². The van der Waals surface area contributed by atoms with Crippen molar-refractivity contribution in [2.45, 2.75) is 31.4 Å². The molecule has 1 saturated heterocycles. The van der Waals surface area contributed by atoms with E-state index in [0.717, 1.165) is 0 Å². The molecule has 0 amide bonds. The molecule has 0 bridgehead atoms. The lowest BCUT2D eigenvalue weighted by molar-refractivity contribution is -0.384. The van der Waals surface area contributed by atoms with Crippen molar-refractivity contribution in [1.82, 2.24) is 4.98 Å². The number of carboxylic acids is 1. The van der Waals surface area contributed by atoms with Gasteiger partial charge in [-0.2, -0.15) is 22.0 Å². The monoisotopic (exact) mass is 395 g/mol. The molecule has 0 radical (unpaired) electrons. The van der Waals surface area contributed by atoms with E-state index in [-0.39, 0.29) is 19.0 Å². The Balaban J connectivity index is 2.06. The summed E-state index contributed by atoms with van der Waals surface area (Å²) in [5.74, 6) is -6.77. The highest BCUT2D eigenvalue weighted by molar-refractivity contribution is 5.78. The molecule has 2 atom stereocenters. The molecule has 27 heavy (non-hydrogen) atoms. The molecule has 3 rings (SSSR count). The van der Waals surface area contributed by atoms with E-state index in [9.17, 15) is 42.0 Å². The highest BCUT2D eigenvalue weighted by atomic mass is 19.4. The Morgan fingerprint density at radius 3 is 2.56 bits per heavy atom. The summed E-state index contributed by atoms with van der Waals surface area (Å²) in [4.78, 5) is 26.1. The molecule has 0 spiro atoms. The average molecular weight is 395 g/mol. The Bertz CT molecular complexity index is 800. The molecule has 2 fully saturated rings. The standard InChI is InChI=1S/C15H14F5N3O4/c16-14(17,15(18,19)20)11-4-9(10(5-21-11)23(26)27)22-6-8-2-1-3-13(8,7-22)12(24)25/h4-5,8H,1-3,6-7H2,(H,24,25)/t8-,13+/m0/s1. The number of hydrogen-bond acceptors (Lipinski definition) is 5. The third kappa shape index (κ3) is 2.86. The molecule has 1 saturated carbocycles. The predicted octanol–water partition coefficient (Wildman–Crippen LogP) is 3.34. The smallest absolute Gasteiger partial charge is 0.459 e. The molecule has 7 nitrogen and oxygen atoms in total. The Kier molecular flexibility index (Phi) is 4.27. The second-order valence-corrected chi connectivity index (χ2v) is 6.82. The van der Waals surface area contributed by atoms with Crippen molar-refractivity contribution in [3.05, 3.63) is 28.1 Å². The van der Waals surface area contributed by atoms with Crippen LogP contribution in [-0.4, -0.2) is 40.2 Å². The van der Waals surface area contributed by atoms with E-state index in [1.165, 1.54) is 4.90 Å². The van der Waals surface area contributed by atoms with Gasteiger partial charge in [-0.3, -0.25) is 14.9 Å². The SMILES string of the molecule is O=C(O)[C@@]12CCC[C@H]1CN(c1cc(C(F)(F)C(F)(F)F)ncc1[N+](=O)[O-])C2. The second kappa shape index (κ2) is 5.99. The summed E-state index contributed by atoms with van der Waals surface area (Å²) in [6, 6.07) is 0.336. The third-order valence-electron chi connectivity index (χ3n) is 5.37. The van der Waals surface area contributed by atoms with E-state index in [0.29, 0.717) is 31.5 Å². The molecule has 1 aliphatic carbocycles. The van der Waals surface area contributed by atoms with Crippen LogP contribution in [0.15, 0.2) is 12.3 Å². The number of anilines is 1. The van der Waals surface area contributed by atoms with Crippen molar-refractivity contribution in [2.75, 3.05) is 18.0 Å². The van der Waals surface area contributed by atoms with Gasteiger partial charge in [0.2, 0.25) is 0 Å². The van der Waals surface area contributed by atoms with Crippen LogP contribution in [0.1, 0.15) is 25.0 Å². The summed E-state index contributed by atoms with van der Waals surface area (Å²) in [7, 11) is 0. The zero-order valence-corrected chi connectivity index (χ0v) is 13.7. The van der Waals surface area contributed by atoms with Gasteiger partial charge in [0.1, 0.15) is 17.6 Å². The second-order valence-electron chi connectivity index (χ2n) is 6.82. The van der Waals surface area contributed by atoms with Crippen LogP contribution in [0.2, 0.25) is 0 Å². The minimum Gasteiger partial charge on any atom is -0.481 e. The molecule has 1 aromatic heterocycles. The molecule has 1 aliphatic heterocycles. The lowest BCUT2D eigenvalue weighted by atomic mass is 9.81. The molecule has 1 aromatic rings. The number of carbonyl (C=O) groups is 1. The minimum absolute atomic E-state index is 0.0220. The third-order valence-corrected chi connectivity index (χ3v) is 5.37. The maximum Gasteiger partial charge on any atom is 0.459 e. The molecule has 2 aliphatic rings. The summed E-state index contributed by atoms with van der Waals surface area (Å²) >= 11 is 0. The first kappa shape index (κ1) is 19.2. The summed E-state index contributed by atoms with van der Waals surface area (Å²) in [5.41, 5.74) is -4.10. The fourth-order valence-electron chi connectivity index (χ4n) is 3.97. The molecular weight excluding hydrogens is 381 g/mol. The van der Waals surface area contributed by atoms with Gasteiger partial charge in [0.25, 0.3) is 0 Å². The van der Waals surface area contributed by atoms with Gasteiger partial charge in [-0.1, -0.05) is 6.42 Å². The predicted molar refractivity (Wildman–Crippen MR) is 80.5 cm³/mol. The average Bonchev–Trinajstić information content (AvgIpc) is 3.11. The topological polar surface area (TPSA) is 96.6 Å². The Morgan fingerprint density at radius 2 is 2.04 bits per heavy atom. The van der Waals surface area contributed by atoms with Gasteiger partial charge in [-0.25, -0.2) is 4.98 Å². The first-order valence-electron chi connectivity index (χ1n) is 7.98. The summed E-state index contributed by atoms with van der Waals surface area (Å²) in [6.45, 7) is -0.178. The number of nitro groups is 1. The first-order valence-corrected chi connectivity index (χ1v) is 7.98. The number of halogens is 5. The van der Waals surface area contributed by atoms with E-state index in [1.807, 2.05) is 0 Å². The van der Waals surface area contributed by atoms with Gasteiger partial charge < -0.3 is 10.0 Å². The van der Waals surface area contributed by atoms with Crippen LogP contribution in [-0.2, 0) is 10.7 Å². The quantitative estimate of drug-likeness (QED) is 0.477. The number of nitrogens with zero attached hydrogens (tertiary/aromatic N) is 3. The van der Waals surface area contributed by atoms with Crippen LogP contribution < -0.4 is 4.90 Å². The maximum atomic E-state index is 13.6. The van der Waals surface area contributed by atoms with Gasteiger partial charge >= 0.3 is 23.8 Å². The van der Waals surface area contributed by atoms with Crippen molar-refractivity contribution in [2.24, 2.45) is 11.3 Å². The molecule has 2 heterocycles. The van der Waals surface area contributed by atoms with Crippen LogP contribution in [0, 0.1) is 21.4 Å². The molecular formula is C15H14F5N3O4. The van der Waals surface area contributed by atoms with E-state index in [4.69, 9.17) is 0 Å². The fraction of sp³-hybridized carbons (Fsp3) is 0.600. The number of pyridine rings is 1. The van der Waals surface area contributed by atoms with Crippen LogP contribution in [0.4, 0.5) is 33.3 Å². The highest BCUT2D eigenvalue weighted by Gasteiger charge is 2.61. The molecule has 0 unspecified atom stereocenters. The van der Waals surface area contributed by atoms with Crippen molar-refractivity contribution in [3.63, 3.8) is 0 Å². The number of hydrogen-bond donors (Lipinski definition) is 1. The largest absolute Gasteiger partial charge is 0.481 e. The van der Waals surface area contributed by atoms with E-state index in [2.05, 4.69) is 4.98 Å². The van der Waals surface area contributed by atoms with Gasteiger partial charge in [0.05, 0.1) is 10.3 Å². The minimum atomic E-state index is -5.92. The number of carboxylic acid groups (broad SMARTS) is 1. The normalized spacial score (nSPS) is 25.5. The number of aliphatic carboxylic acids is 1. The van der Waals surface area contributed by atoms with Crippen LogP contribution in [0.3, 0.4) is 0 Å². The molecule has 0 aromatic carbocycles. The zero-order chi connectivity index (χ0) is 20.2. The Morgan fingerprint density at radius 1 is 1.37 bits per heavy atom. The summed E-state index contributed by atoms with van der Waals surface area (Å²) in [5, 5.41) is 20.8. The summed E-state index contributed by atoms with van der Waals surface area (Å²) < 4.78 is 65.1. The number of alkyl halides is 5. The number of fused-ring (bicyclic) bond motifs is 1. The van der Waals surface area contributed by atoms with Crippen molar-refractivity contribution >= 4 is 17.3 Å². The molecule has 12 heteroatoms. The lowest BCUT2D eigenvalue weighted by Crippen LogP contribution is -2.36.